The lowest BCUT2D eigenvalue weighted by Gasteiger charge is -2.32. The van der Waals surface area contributed by atoms with Crippen molar-refractivity contribution in [2.75, 3.05) is 18.5 Å². The third-order valence-corrected chi connectivity index (χ3v) is 3.66. The van der Waals surface area contributed by atoms with E-state index in [-0.39, 0.29) is 5.91 Å². The Balaban J connectivity index is 2.25. The quantitative estimate of drug-likeness (QED) is 0.857. The largest absolute Gasteiger partial charge is 0.478 e. The van der Waals surface area contributed by atoms with Gasteiger partial charge in [-0.3, -0.25) is 4.79 Å². The molecule has 0 aliphatic carbocycles. The van der Waals surface area contributed by atoms with E-state index in [1.165, 1.54) is 0 Å². The van der Waals surface area contributed by atoms with Crippen molar-refractivity contribution in [2.45, 2.75) is 38.4 Å². The van der Waals surface area contributed by atoms with Crippen molar-refractivity contribution in [3.8, 4) is 5.75 Å². The summed E-state index contributed by atoms with van der Waals surface area (Å²) in [5.41, 5.74) is 6.95. The molecule has 3 N–H and O–H groups in total. The van der Waals surface area contributed by atoms with Crippen LogP contribution in [0.25, 0.3) is 0 Å². The van der Waals surface area contributed by atoms with Gasteiger partial charge in [-0.25, -0.2) is 0 Å². The van der Waals surface area contributed by atoms with E-state index in [2.05, 4.69) is 0 Å². The van der Waals surface area contributed by atoms with Gasteiger partial charge < -0.3 is 20.5 Å². The number of hydrogen-bond donors (Lipinski definition) is 2. The maximum absolute atomic E-state index is 12.1. The van der Waals surface area contributed by atoms with Gasteiger partial charge in [0.05, 0.1) is 11.8 Å². The van der Waals surface area contributed by atoms with E-state index in [1.54, 1.807) is 11.9 Å². The number of nitrogens with zero attached hydrogens (tertiary/aromatic N) is 1. The molecule has 1 amide bonds. The highest BCUT2D eigenvalue weighted by molar-refractivity contribution is 5.99. The van der Waals surface area contributed by atoms with Crippen molar-refractivity contribution < 1.29 is 14.6 Å². The molecule has 5 heteroatoms. The average Bonchev–Trinajstić information content (AvgIpc) is 2.48. The van der Waals surface area contributed by atoms with Gasteiger partial charge in [0.2, 0.25) is 0 Å². The fourth-order valence-electron chi connectivity index (χ4n) is 2.38. The fourth-order valence-corrected chi connectivity index (χ4v) is 2.38. The number of nitrogens with two attached hydrogens (primary N) is 1. The Bertz CT molecular complexity index is 490. The van der Waals surface area contributed by atoms with Crippen molar-refractivity contribution in [1.29, 1.82) is 0 Å². The van der Waals surface area contributed by atoms with Crippen LogP contribution in [0.4, 0.5) is 5.69 Å². The summed E-state index contributed by atoms with van der Waals surface area (Å²) in [6, 6.07) is 5.48. The molecule has 5 nitrogen and oxygen atoms in total. The molecule has 1 aromatic rings. The maximum atomic E-state index is 12.1. The molecule has 110 valence electrons. The van der Waals surface area contributed by atoms with Gasteiger partial charge in [0.25, 0.3) is 5.91 Å². The second-order valence-electron chi connectivity index (χ2n) is 5.09. The predicted molar refractivity (Wildman–Crippen MR) is 77.8 cm³/mol. The Morgan fingerprint density at radius 3 is 2.90 bits per heavy atom. The molecule has 1 aliphatic rings. The number of hydrogen-bond acceptors (Lipinski definition) is 4. The van der Waals surface area contributed by atoms with Gasteiger partial charge in [0.15, 0.2) is 6.10 Å². The number of benzene rings is 1. The Morgan fingerprint density at radius 2 is 2.25 bits per heavy atom. The summed E-state index contributed by atoms with van der Waals surface area (Å²) in [6.45, 7) is 2.48. The Hall–Kier alpha value is -1.59. The summed E-state index contributed by atoms with van der Waals surface area (Å²) in [6.07, 6.45) is 1.05. The number of anilines is 1. The molecule has 2 unspecified atom stereocenters. The Labute approximate surface area is 119 Å². The van der Waals surface area contributed by atoms with Crippen LogP contribution in [-0.4, -0.2) is 30.7 Å². The van der Waals surface area contributed by atoms with E-state index in [0.717, 1.165) is 12.0 Å². The van der Waals surface area contributed by atoms with Gasteiger partial charge in [-0.1, -0.05) is 13.0 Å². The SMILES string of the molecule is CCC1Oc2ccc(C(O)CCCN)cc2N(C)C1=O. The molecule has 20 heavy (non-hydrogen) atoms. The first-order valence-electron chi connectivity index (χ1n) is 7.04. The minimum Gasteiger partial charge on any atom is -0.478 e. The van der Waals surface area contributed by atoms with Crippen LogP contribution in [-0.2, 0) is 4.79 Å². The molecular weight excluding hydrogens is 256 g/mol. The van der Waals surface area contributed by atoms with E-state index in [9.17, 15) is 9.90 Å². The normalized spacial score (nSPS) is 19.5. The molecule has 0 saturated heterocycles. The van der Waals surface area contributed by atoms with Crippen molar-refractivity contribution >= 4 is 11.6 Å². The number of carbonyl (C=O) groups excluding carboxylic acids is 1. The number of fused-ring (bicyclic) bond motifs is 1. The zero-order valence-electron chi connectivity index (χ0n) is 12.0. The Kier molecular flexibility index (Phi) is 4.62. The summed E-state index contributed by atoms with van der Waals surface area (Å²) in [7, 11) is 1.74. The van der Waals surface area contributed by atoms with Crippen molar-refractivity contribution in [1.82, 2.24) is 0 Å². The van der Waals surface area contributed by atoms with Crippen LogP contribution in [0, 0.1) is 0 Å². The van der Waals surface area contributed by atoms with Gasteiger partial charge >= 0.3 is 0 Å². The molecular formula is C15H22N2O3. The number of aliphatic hydroxyl groups excluding tert-OH is 1. The molecule has 0 saturated carbocycles. The summed E-state index contributed by atoms with van der Waals surface area (Å²) in [4.78, 5) is 13.7. The van der Waals surface area contributed by atoms with Gasteiger partial charge in [-0.2, -0.15) is 0 Å². The van der Waals surface area contributed by atoms with Crippen molar-refractivity contribution in [3.05, 3.63) is 23.8 Å². The number of ether oxygens (including phenoxy) is 1. The lowest BCUT2D eigenvalue weighted by atomic mass is 10.0. The summed E-state index contributed by atoms with van der Waals surface area (Å²) in [5.74, 6) is 0.641. The highest BCUT2D eigenvalue weighted by atomic mass is 16.5. The zero-order valence-corrected chi connectivity index (χ0v) is 12.0. The maximum Gasteiger partial charge on any atom is 0.267 e. The van der Waals surface area contributed by atoms with Gasteiger partial charge in [0, 0.05) is 7.05 Å². The number of carbonyl (C=O) groups is 1. The molecule has 0 bridgehead atoms. The average molecular weight is 278 g/mol. The number of aliphatic hydroxyl groups is 1. The summed E-state index contributed by atoms with van der Waals surface area (Å²) < 4.78 is 5.69. The lowest BCUT2D eigenvalue weighted by Crippen LogP contribution is -2.43. The van der Waals surface area contributed by atoms with Gasteiger partial charge in [0.1, 0.15) is 5.75 Å². The zero-order chi connectivity index (χ0) is 14.7. The first kappa shape index (κ1) is 14.8. The first-order chi connectivity index (χ1) is 9.58. The molecule has 0 fully saturated rings. The minimum absolute atomic E-state index is 0.0476. The fraction of sp³-hybridized carbons (Fsp3) is 0.533. The highest BCUT2D eigenvalue weighted by Crippen LogP contribution is 2.36. The van der Waals surface area contributed by atoms with E-state index in [0.29, 0.717) is 30.8 Å². The third-order valence-electron chi connectivity index (χ3n) is 3.66. The molecule has 2 atom stereocenters. The van der Waals surface area contributed by atoms with Crippen LogP contribution in [0.5, 0.6) is 5.75 Å². The number of likely N-dealkylation sites (N-methyl/N-ethyl adjacent to an activating group) is 1. The van der Waals surface area contributed by atoms with Crippen LogP contribution in [0.1, 0.15) is 37.9 Å². The molecule has 0 spiro atoms. The van der Waals surface area contributed by atoms with E-state index >= 15 is 0 Å². The van der Waals surface area contributed by atoms with Crippen LogP contribution in [0.3, 0.4) is 0 Å². The van der Waals surface area contributed by atoms with Crippen molar-refractivity contribution in [3.63, 3.8) is 0 Å². The molecule has 1 aromatic carbocycles. The summed E-state index contributed by atoms with van der Waals surface area (Å²) >= 11 is 0. The topological polar surface area (TPSA) is 75.8 Å². The Morgan fingerprint density at radius 1 is 1.50 bits per heavy atom. The smallest absolute Gasteiger partial charge is 0.267 e. The lowest BCUT2D eigenvalue weighted by molar-refractivity contribution is -0.126. The number of rotatable bonds is 5. The van der Waals surface area contributed by atoms with E-state index in [4.69, 9.17) is 10.5 Å². The monoisotopic (exact) mass is 278 g/mol. The van der Waals surface area contributed by atoms with Crippen LogP contribution < -0.4 is 15.4 Å². The van der Waals surface area contributed by atoms with Crippen LogP contribution in [0.2, 0.25) is 0 Å². The second-order valence-corrected chi connectivity index (χ2v) is 5.09. The highest BCUT2D eigenvalue weighted by Gasteiger charge is 2.31. The molecule has 2 rings (SSSR count). The first-order valence-corrected chi connectivity index (χ1v) is 7.04. The van der Waals surface area contributed by atoms with E-state index in [1.807, 2.05) is 25.1 Å². The number of amides is 1. The second kappa shape index (κ2) is 6.24. The van der Waals surface area contributed by atoms with Gasteiger partial charge in [-0.15, -0.1) is 0 Å². The molecule has 1 heterocycles. The predicted octanol–water partition coefficient (Wildman–Crippen LogP) is 1.59. The van der Waals surface area contributed by atoms with Crippen LogP contribution in [0.15, 0.2) is 18.2 Å². The minimum atomic E-state index is -0.559. The molecule has 1 aliphatic heterocycles. The summed E-state index contributed by atoms with van der Waals surface area (Å²) in [5, 5.41) is 10.1. The molecule has 0 aromatic heterocycles. The van der Waals surface area contributed by atoms with Crippen LogP contribution >= 0.6 is 0 Å². The third kappa shape index (κ3) is 2.78. The van der Waals surface area contributed by atoms with Crippen molar-refractivity contribution in [2.24, 2.45) is 5.73 Å². The van der Waals surface area contributed by atoms with Gasteiger partial charge in [-0.05, 0) is 43.5 Å². The van der Waals surface area contributed by atoms with E-state index < -0.39 is 12.2 Å². The standard InChI is InChI=1S/C15H22N2O3/c1-3-13-15(19)17(2)11-9-10(6-7-14(11)20-13)12(18)5-4-8-16/h6-7,9,12-13,18H,3-5,8,16H2,1-2H3. The molecule has 0 radical (unpaired) electrons.